The number of nitrogens with one attached hydrogen (secondary N) is 1. The molecular weight excluding hydrogens is 246 g/mol. The van der Waals surface area contributed by atoms with E-state index >= 15 is 0 Å². The van der Waals surface area contributed by atoms with E-state index < -0.39 is 5.91 Å². The molecule has 1 aliphatic rings. The van der Waals surface area contributed by atoms with Crippen LogP contribution >= 0.6 is 11.8 Å². The maximum absolute atomic E-state index is 10.9. The molecule has 2 rings (SSSR count). The molecule has 1 saturated carbocycles. The average molecular weight is 265 g/mol. The van der Waals surface area contributed by atoms with Crippen LogP contribution in [0.25, 0.3) is 0 Å². The van der Waals surface area contributed by atoms with Gasteiger partial charge in [-0.15, -0.1) is 0 Å². The van der Waals surface area contributed by atoms with Gasteiger partial charge >= 0.3 is 0 Å². The lowest BCUT2D eigenvalue weighted by Gasteiger charge is -2.29. The van der Waals surface area contributed by atoms with E-state index in [0.29, 0.717) is 11.6 Å². The number of rotatable bonds is 4. The average Bonchev–Trinajstić information content (AvgIpc) is 2.39. The maximum atomic E-state index is 10.9. The fourth-order valence-electron chi connectivity index (χ4n) is 2.32. The van der Waals surface area contributed by atoms with Crippen LogP contribution in [0.1, 0.15) is 36.0 Å². The van der Waals surface area contributed by atoms with Crippen LogP contribution in [0.5, 0.6) is 0 Å². The Morgan fingerprint density at radius 1 is 1.50 bits per heavy atom. The van der Waals surface area contributed by atoms with Gasteiger partial charge in [0.2, 0.25) is 5.91 Å². The molecule has 1 aromatic rings. The number of anilines is 1. The molecule has 1 aliphatic carbocycles. The van der Waals surface area contributed by atoms with Crippen LogP contribution in [0.3, 0.4) is 0 Å². The predicted octanol–water partition coefficient (Wildman–Crippen LogP) is 2.27. The monoisotopic (exact) mass is 265 g/mol. The van der Waals surface area contributed by atoms with Crippen LogP contribution < -0.4 is 11.1 Å². The lowest BCUT2D eigenvalue weighted by Crippen LogP contribution is -2.28. The summed E-state index contributed by atoms with van der Waals surface area (Å²) in [5.74, 6) is 0.390. The Morgan fingerprint density at radius 2 is 2.33 bits per heavy atom. The number of aromatic nitrogens is 1. The van der Waals surface area contributed by atoms with Crippen LogP contribution in [0, 0.1) is 0 Å². The number of carbonyl (C=O) groups excluding carboxylic acids is 1. The van der Waals surface area contributed by atoms with Gasteiger partial charge in [-0.3, -0.25) is 4.79 Å². The summed E-state index contributed by atoms with van der Waals surface area (Å²) in [5.41, 5.74) is 5.63. The number of pyridine rings is 1. The van der Waals surface area contributed by atoms with Gasteiger partial charge in [0, 0.05) is 17.5 Å². The zero-order valence-electron chi connectivity index (χ0n) is 10.6. The van der Waals surface area contributed by atoms with Gasteiger partial charge in [-0.25, -0.2) is 4.98 Å². The minimum atomic E-state index is -0.436. The fourth-order valence-corrected chi connectivity index (χ4v) is 3.15. The smallest absolute Gasteiger partial charge is 0.250 e. The van der Waals surface area contributed by atoms with Gasteiger partial charge < -0.3 is 11.1 Å². The molecule has 98 valence electrons. The van der Waals surface area contributed by atoms with Crippen LogP contribution in [-0.2, 0) is 0 Å². The lowest BCUT2D eigenvalue weighted by atomic mass is 9.95. The molecule has 0 aliphatic heterocycles. The molecule has 2 unspecified atom stereocenters. The standard InChI is InChI=1S/C13H19N3OS/c1-18-11-4-2-3-10(7-11)16-12-6-5-9(8-15-12)13(14)17/h5-6,8,10-11H,2-4,7H2,1H3,(H2,14,17)(H,15,16). The van der Waals surface area contributed by atoms with Gasteiger partial charge in [0.05, 0.1) is 5.56 Å². The number of amides is 1. The van der Waals surface area contributed by atoms with Gasteiger partial charge in [-0.1, -0.05) is 6.42 Å². The first-order chi connectivity index (χ1) is 8.69. The van der Waals surface area contributed by atoms with Crippen LogP contribution in [0.4, 0.5) is 5.82 Å². The Labute approximate surface area is 112 Å². The summed E-state index contributed by atoms with van der Waals surface area (Å²) < 4.78 is 0. The summed E-state index contributed by atoms with van der Waals surface area (Å²) >= 11 is 1.94. The molecule has 0 saturated heterocycles. The summed E-state index contributed by atoms with van der Waals surface area (Å²) in [7, 11) is 0. The maximum Gasteiger partial charge on any atom is 0.250 e. The largest absolute Gasteiger partial charge is 0.367 e. The third kappa shape index (κ3) is 3.38. The highest BCUT2D eigenvalue weighted by Gasteiger charge is 2.21. The van der Waals surface area contributed by atoms with Crippen molar-refractivity contribution in [3.05, 3.63) is 23.9 Å². The normalized spacial score (nSPS) is 23.6. The number of hydrogen-bond donors (Lipinski definition) is 2. The second-order valence-corrected chi connectivity index (χ2v) is 5.80. The molecule has 1 aromatic heterocycles. The van der Waals surface area contributed by atoms with Crippen LogP contribution in [-0.4, -0.2) is 28.4 Å². The topological polar surface area (TPSA) is 68.0 Å². The number of nitrogens with two attached hydrogens (primary N) is 1. The van der Waals surface area contributed by atoms with E-state index in [0.717, 1.165) is 11.1 Å². The molecular formula is C13H19N3OS. The van der Waals surface area contributed by atoms with Crippen molar-refractivity contribution >= 4 is 23.5 Å². The second kappa shape index (κ2) is 6.09. The predicted molar refractivity (Wildman–Crippen MR) is 75.9 cm³/mol. The third-order valence-corrected chi connectivity index (χ3v) is 4.45. The highest BCUT2D eigenvalue weighted by atomic mass is 32.2. The van der Waals surface area contributed by atoms with Crippen molar-refractivity contribution in [1.29, 1.82) is 0 Å². The molecule has 0 bridgehead atoms. The summed E-state index contributed by atoms with van der Waals surface area (Å²) in [4.78, 5) is 15.2. The highest BCUT2D eigenvalue weighted by Crippen LogP contribution is 2.28. The first kappa shape index (κ1) is 13.2. The minimum absolute atomic E-state index is 0.436. The van der Waals surface area contributed by atoms with Crippen molar-refractivity contribution < 1.29 is 4.79 Å². The molecule has 1 amide bonds. The van der Waals surface area contributed by atoms with Crippen LogP contribution in [0.15, 0.2) is 18.3 Å². The van der Waals surface area contributed by atoms with E-state index in [1.165, 1.54) is 31.9 Å². The first-order valence-electron chi connectivity index (χ1n) is 6.24. The molecule has 1 heterocycles. The van der Waals surface area contributed by atoms with Crippen molar-refractivity contribution in [3.63, 3.8) is 0 Å². The summed E-state index contributed by atoms with van der Waals surface area (Å²) in [6.45, 7) is 0. The summed E-state index contributed by atoms with van der Waals surface area (Å²) in [6, 6.07) is 4.03. The number of nitrogens with zero attached hydrogens (tertiary/aromatic N) is 1. The minimum Gasteiger partial charge on any atom is -0.367 e. The first-order valence-corrected chi connectivity index (χ1v) is 7.53. The number of hydrogen-bond acceptors (Lipinski definition) is 4. The Hall–Kier alpha value is -1.23. The number of carbonyl (C=O) groups is 1. The lowest BCUT2D eigenvalue weighted by molar-refractivity contribution is 0.1000. The van der Waals surface area contributed by atoms with E-state index in [1.54, 1.807) is 6.07 Å². The van der Waals surface area contributed by atoms with Gasteiger partial charge in [-0.2, -0.15) is 11.8 Å². The van der Waals surface area contributed by atoms with E-state index in [4.69, 9.17) is 5.73 Å². The fraction of sp³-hybridized carbons (Fsp3) is 0.538. The molecule has 0 spiro atoms. The van der Waals surface area contributed by atoms with Crippen molar-refractivity contribution in [2.45, 2.75) is 37.0 Å². The van der Waals surface area contributed by atoms with Gasteiger partial charge in [0.15, 0.2) is 0 Å². The molecule has 1 fully saturated rings. The van der Waals surface area contributed by atoms with E-state index in [-0.39, 0.29) is 0 Å². The van der Waals surface area contributed by atoms with Gasteiger partial charge in [0.1, 0.15) is 5.82 Å². The Kier molecular flexibility index (Phi) is 4.47. The molecule has 0 radical (unpaired) electrons. The molecule has 4 nitrogen and oxygen atoms in total. The van der Waals surface area contributed by atoms with Gasteiger partial charge in [-0.05, 0) is 37.7 Å². The molecule has 5 heteroatoms. The van der Waals surface area contributed by atoms with E-state index in [1.807, 2.05) is 17.8 Å². The summed E-state index contributed by atoms with van der Waals surface area (Å²) in [5, 5.41) is 4.19. The Bertz CT molecular complexity index is 407. The third-order valence-electron chi connectivity index (χ3n) is 3.36. The molecule has 2 atom stereocenters. The van der Waals surface area contributed by atoms with Crippen molar-refractivity contribution in [1.82, 2.24) is 4.98 Å². The Morgan fingerprint density at radius 3 is 2.94 bits per heavy atom. The molecule has 18 heavy (non-hydrogen) atoms. The molecule has 3 N–H and O–H groups in total. The SMILES string of the molecule is CSC1CCCC(Nc2ccc(C(N)=O)cn2)C1. The number of thioether (sulfide) groups is 1. The number of primary amides is 1. The van der Waals surface area contributed by atoms with Crippen molar-refractivity contribution in [2.75, 3.05) is 11.6 Å². The zero-order valence-corrected chi connectivity index (χ0v) is 11.4. The van der Waals surface area contributed by atoms with Crippen molar-refractivity contribution in [2.24, 2.45) is 5.73 Å². The second-order valence-electron chi connectivity index (χ2n) is 4.66. The van der Waals surface area contributed by atoms with Gasteiger partial charge in [0.25, 0.3) is 0 Å². The van der Waals surface area contributed by atoms with E-state index in [2.05, 4.69) is 16.6 Å². The zero-order chi connectivity index (χ0) is 13.0. The van der Waals surface area contributed by atoms with Crippen molar-refractivity contribution in [3.8, 4) is 0 Å². The highest BCUT2D eigenvalue weighted by molar-refractivity contribution is 7.99. The quantitative estimate of drug-likeness (QED) is 0.876. The molecule has 0 aromatic carbocycles. The van der Waals surface area contributed by atoms with E-state index in [9.17, 15) is 4.79 Å². The van der Waals surface area contributed by atoms with Crippen LogP contribution in [0.2, 0.25) is 0 Å². The summed E-state index contributed by atoms with van der Waals surface area (Å²) in [6.07, 6.45) is 8.65. The Balaban J connectivity index is 1.94.